The van der Waals surface area contributed by atoms with Crippen molar-refractivity contribution in [2.75, 3.05) is 4.90 Å². The standard InChI is InChI=1S/C17H24N2O2/c1-5-6-7-13-8-9-15-14(10-13)16(18-12(4)20)17(21)19(15)11(2)3/h8-11,16H,5-7H2,1-4H3,(H,18,20)/t16-/m0/s1. The van der Waals surface area contributed by atoms with Crippen molar-refractivity contribution in [2.24, 2.45) is 0 Å². The second kappa shape index (κ2) is 6.29. The second-order valence-electron chi connectivity index (χ2n) is 5.93. The smallest absolute Gasteiger partial charge is 0.254 e. The first-order valence-corrected chi connectivity index (χ1v) is 7.68. The molecular weight excluding hydrogens is 264 g/mol. The van der Waals surface area contributed by atoms with Crippen molar-refractivity contribution in [3.63, 3.8) is 0 Å². The molecule has 1 heterocycles. The van der Waals surface area contributed by atoms with Gasteiger partial charge in [0, 0.05) is 24.2 Å². The lowest BCUT2D eigenvalue weighted by atomic mass is 10.0. The van der Waals surface area contributed by atoms with E-state index in [9.17, 15) is 9.59 Å². The number of rotatable bonds is 5. The number of carbonyl (C=O) groups excluding carboxylic acids is 2. The molecule has 0 radical (unpaired) electrons. The van der Waals surface area contributed by atoms with Crippen LogP contribution in [0.2, 0.25) is 0 Å². The Hall–Kier alpha value is -1.84. The summed E-state index contributed by atoms with van der Waals surface area (Å²) in [5.41, 5.74) is 3.08. The average molecular weight is 288 g/mol. The quantitative estimate of drug-likeness (QED) is 0.905. The van der Waals surface area contributed by atoms with E-state index < -0.39 is 6.04 Å². The highest BCUT2D eigenvalue weighted by molar-refractivity contribution is 6.06. The lowest BCUT2D eigenvalue weighted by Gasteiger charge is -2.22. The van der Waals surface area contributed by atoms with Crippen LogP contribution in [0.5, 0.6) is 0 Å². The molecule has 0 fully saturated rings. The van der Waals surface area contributed by atoms with Gasteiger partial charge in [-0.15, -0.1) is 0 Å². The fraction of sp³-hybridized carbons (Fsp3) is 0.529. The maximum Gasteiger partial charge on any atom is 0.254 e. The maximum atomic E-state index is 12.6. The van der Waals surface area contributed by atoms with Crippen molar-refractivity contribution in [3.8, 4) is 0 Å². The largest absolute Gasteiger partial charge is 0.341 e. The molecule has 21 heavy (non-hydrogen) atoms. The summed E-state index contributed by atoms with van der Waals surface area (Å²) in [7, 11) is 0. The zero-order valence-corrected chi connectivity index (χ0v) is 13.3. The van der Waals surface area contributed by atoms with E-state index in [4.69, 9.17) is 0 Å². The summed E-state index contributed by atoms with van der Waals surface area (Å²) in [6, 6.07) is 5.72. The third-order valence-electron chi connectivity index (χ3n) is 3.83. The Morgan fingerprint density at radius 3 is 2.67 bits per heavy atom. The monoisotopic (exact) mass is 288 g/mol. The number of aryl methyl sites for hydroxylation is 1. The molecule has 1 atom stereocenters. The Labute approximate surface area is 126 Å². The van der Waals surface area contributed by atoms with Gasteiger partial charge >= 0.3 is 0 Å². The minimum Gasteiger partial charge on any atom is -0.341 e. The Bertz CT molecular complexity index is 552. The normalized spacial score (nSPS) is 17.3. The summed E-state index contributed by atoms with van der Waals surface area (Å²) in [4.78, 5) is 25.8. The van der Waals surface area contributed by atoms with E-state index in [2.05, 4.69) is 24.4 Å². The number of hydrogen-bond donors (Lipinski definition) is 1. The van der Waals surface area contributed by atoms with Crippen LogP contribution in [0.15, 0.2) is 18.2 Å². The van der Waals surface area contributed by atoms with Crippen molar-refractivity contribution in [1.82, 2.24) is 5.32 Å². The van der Waals surface area contributed by atoms with Gasteiger partial charge in [0.25, 0.3) is 5.91 Å². The Morgan fingerprint density at radius 1 is 1.38 bits per heavy atom. The van der Waals surface area contributed by atoms with Crippen LogP contribution in [0.3, 0.4) is 0 Å². The molecule has 1 aromatic carbocycles. The van der Waals surface area contributed by atoms with Crippen LogP contribution >= 0.6 is 0 Å². The molecule has 0 aromatic heterocycles. The van der Waals surface area contributed by atoms with Gasteiger partial charge < -0.3 is 10.2 Å². The molecular formula is C17H24N2O2. The van der Waals surface area contributed by atoms with Gasteiger partial charge in [-0.1, -0.05) is 25.5 Å². The van der Waals surface area contributed by atoms with Gasteiger partial charge in [-0.3, -0.25) is 9.59 Å². The number of hydrogen-bond acceptors (Lipinski definition) is 2. The summed E-state index contributed by atoms with van der Waals surface area (Å²) in [6.45, 7) is 7.59. The van der Waals surface area contributed by atoms with Crippen LogP contribution in [-0.4, -0.2) is 17.9 Å². The third-order valence-corrected chi connectivity index (χ3v) is 3.83. The van der Waals surface area contributed by atoms with E-state index in [0.717, 1.165) is 30.5 Å². The molecule has 0 spiro atoms. The molecule has 1 N–H and O–H groups in total. The van der Waals surface area contributed by atoms with Gasteiger partial charge in [0.05, 0.1) is 0 Å². The predicted octanol–water partition coefficient (Wildman–Crippen LogP) is 2.96. The van der Waals surface area contributed by atoms with Crippen molar-refractivity contribution in [1.29, 1.82) is 0 Å². The van der Waals surface area contributed by atoms with Crippen LogP contribution in [0.4, 0.5) is 5.69 Å². The molecule has 1 aliphatic rings. The fourth-order valence-electron chi connectivity index (χ4n) is 2.86. The van der Waals surface area contributed by atoms with Gasteiger partial charge in [0.15, 0.2) is 0 Å². The SMILES string of the molecule is CCCCc1ccc2c(c1)[C@H](NC(C)=O)C(=O)N2C(C)C. The summed E-state index contributed by atoms with van der Waals surface area (Å²) in [5.74, 6) is -0.216. The van der Waals surface area contributed by atoms with Crippen LogP contribution in [0.25, 0.3) is 0 Å². The van der Waals surface area contributed by atoms with Gasteiger partial charge in [0.2, 0.25) is 5.91 Å². The van der Waals surface area contributed by atoms with Crippen molar-refractivity contribution >= 4 is 17.5 Å². The third kappa shape index (κ3) is 3.09. The molecule has 2 rings (SSSR count). The van der Waals surface area contributed by atoms with Gasteiger partial charge in [-0.25, -0.2) is 0 Å². The summed E-state index contributed by atoms with van der Waals surface area (Å²) < 4.78 is 0. The average Bonchev–Trinajstić information content (AvgIpc) is 2.68. The van der Waals surface area contributed by atoms with Crippen LogP contribution in [0.1, 0.15) is 57.7 Å². The zero-order chi connectivity index (χ0) is 15.6. The topological polar surface area (TPSA) is 49.4 Å². The number of carbonyl (C=O) groups is 2. The maximum absolute atomic E-state index is 12.6. The number of nitrogens with one attached hydrogen (secondary N) is 1. The molecule has 0 unspecified atom stereocenters. The van der Waals surface area contributed by atoms with E-state index >= 15 is 0 Å². The van der Waals surface area contributed by atoms with Crippen molar-refractivity contribution in [2.45, 2.75) is 59.0 Å². The predicted molar refractivity (Wildman–Crippen MR) is 84.2 cm³/mol. The second-order valence-corrected chi connectivity index (χ2v) is 5.93. The van der Waals surface area contributed by atoms with Crippen LogP contribution in [0, 0.1) is 0 Å². The van der Waals surface area contributed by atoms with Gasteiger partial charge in [0.1, 0.15) is 6.04 Å². The van der Waals surface area contributed by atoms with Crippen LogP contribution in [-0.2, 0) is 16.0 Å². The number of nitrogens with zero attached hydrogens (tertiary/aromatic N) is 1. The molecule has 114 valence electrons. The first kappa shape index (κ1) is 15.5. The Balaban J connectivity index is 2.40. The zero-order valence-electron chi connectivity index (χ0n) is 13.3. The van der Waals surface area contributed by atoms with E-state index in [1.54, 1.807) is 4.90 Å². The molecule has 4 heteroatoms. The number of anilines is 1. The molecule has 2 amide bonds. The first-order chi connectivity index (χ1) is 9.95. The minimum absolute atomic E-state index is 0.0390. The van der Waals surface area contributed by atoms with E-state index in [1.165, 1.54) is 12.5 Å². The highest BCUT2D eigenvalue weighted by Gasteiger charge is 2.39. The van der Waals surface area contributed by atoms with E-state index in [1.807, 2.05) is 19.9 Å². The van der Waals surface area contributed by atoms with Crippen LogP contribution < -0.4 is 10.2 Å². The number of fused-ring (bicyclic) bond motifs is 1. The summed E-state index contributed by atoms with van der Waals surface area (Å²) in [5, 5.41) is 2.79. The highest BCUT2D eigenvalue weighted by Crippen LogP contribution is 2.38. The molecule has 0 aliphatic carbocycles. The van der Waals surface area contributed by atoms with E-state index in [-0.39, 0.29) is 17.9 Å². The fourth-order valence-corrected chi connectivity index (χ4v) is 2.86. The van der Waals surface area contributed by atoms with Gasteiger partial charge in [-0.2, -0.15) is 0 Å². The molecule has 0 saturated heterocycles. The van der Waals surface area contributed by atoms with Crippen molar-refractivity contribution < 1.29 is 9.59 Å². The first-order valence-electron chi connectivity index (χ1n) is 7.68. The Kier molecular flexibility index (Phi) is 4.66. The molecule has 0 saturated carbocycles. The molecule has 1 aliphatic heterocycles. The molecule has 1 aromatic rings. The van der Waals surface area contributed by atoms with Crippen molar-refractivity contribution in [3.05, 3.63) is 29.3 Å². The minimum atomic E-state index is -0.540. The lowest BCUT2D eigenvalue weighted by molar-refractivity contribution is -0.126. The van der Waals surface area contributed by atoms with Gasteiger partial charge in [-0.05, 0) is 38.3 Å². The number of amides is 2. The lowest BCUT2D eigenvalue weighted by Crippen LogP contribution is -2.39. The summed E-state index contributed by atoms with van der Waals surface area (Å²) in [6.07, 6.45) is 3.28. The summed E-state index contributed by atoms with van der Waals surface area (Å²) >= 11 is 0. The highest BCUT2D eigenvalue weighted by atomic mass is 16.2. The number of benzene rings is 1. The van der Waals surface area contributed by atoms with E-state index in [0.29, 0.717) is 0 Å². The number of unbranched alkanes of at least 4 members (excludes halogenated alkanes) is 1. The molecule has 4 nitrogen and oxygen atoms in total. The molecule has 0 bridgehead atoms. The Morgan fingerprint density at radius 2 is 2.10 bits per heavy atom.